The van der Waals surface area contributed by atoms with Crippen molar-refractivity contribution in [2.75, 3.05) is 4.90 Å². The zero-order chi connectivity index (χ0) is 30.9. The van der Waals surface area contributed by atoms with Crippen LogP contribution >= 0.6 is 0 Å². The highest BCUT2D eigenvalue weighted by Crippen LogP contribution is 2.60. The largest absolute Gasteiger partial charge is 0.335 e. The van der Waals surface area contributed by atoms with Gasteiger partial charge in [0, 0.05) is 22.8 Å². The Balaban J connectivity index is 1.22. The minimum absolute atomic E-state index is 0.0939. The third kappa shape index (κ3) is 3.81. The van der Waals surface area contributed by atoms with Gasteiger partial charge in [-0.2, -0.15) is 0 Å². The van der Waals surface area contributed by atoms with Crippen molar-refractivity contribution in [1.82, 2.24) is 0 Å². The van der Waals surface area contributed by atoms with Gasteiger partial charge in [-0.1, -0.05) is 128 Å². The summed E-state index contributed by atoms with van der Waals surface area (Å²) in [5.41, 5.74) is 14.5. The summed E-state index contributed by atoms with van der Waals surface area (Å²) in [7, 11) is 0. The molecule has 9 rings (SSSR count). The second-order valence-electron chi connectivity index (χ2n) is 14.0. The van der Waals surface area contributed by atoms with Crippen LogP contribution in [0, 0.1) is 5.92 Å². The highest BCUT2D eigenvalue weighted by Gasteiger charge is 2.51. The SMILES string of the molecule is CC1CCC2(C)C(C1)c1cc(-c3ccc4c(c3)-c3ccccc3C4(c3ccccc3)c3ccccc3)ccc1N2c1ccccc1. The van der Waals surface area contributed by atoms with Crippen molar-refractivity contribution in [3.8, 4) is 22.3 Å². The van der Waals surface area contributed by atoms with Crippen LogP contribution in [0.15, 0.2) is 152 Å². The van der Waals surface area contributed by atoms with Gasteiger partial charge >= 0.3 is 0 Å². The Morgan fingerprint density at radius 2 is 1.17 bits per heavy atom. The van der Waals surface area contributed by atoms with E-state index in [1.165, 1.54) is 80.7 Å². The molecule has 0 saturated heterocycles. The number of para-hydroxylation sites is 1. The normalized spacial score (nSPS) is 22.1. The smallest absolute Gasteiger partial charge is 0.0713 e. The lowest BCUT2D eigenvalue weighted by Gasteiger charge is -2.45. The molecule has 1 saturated carbocycles. The molecule has 2 aliphatic carbocycles. The zero-order valence-electron chi connectivity index (χ0n) is 26.7. The summed E-state index contributed by atoms with van der Waals surface area (Å²) in [5.74, 6) is 1.26. The lowest BCUT2D eigenvalue weighted by atomic mass is 9.67. The number of nitrogens with zero attached hydrogens (tertiary/aromatic N) is 1. The molecule has 1 nitrogen and oxygen atoms in total. The molecule has 3 atom stereocenters. The molecule has 1 aliphatic heterocycles. The molecular formula is C45H39N. The second-order valence-corrected chi connectivity index (χ2v) is 14.0. The Bertz CT molecular complexity index is 2020. The minimum atomic E-state index is -0.360. The molecule has 1 fully saturated rings. The molecule has 6 aromatic carbocycles. The van der Waals surface area contributed by atoms with Gasteiger partial charge < -0.3 is 4.90 Å². The first-order chi connectivity index (χ1) is 22.6. The molecule has 0 aromatic heterocycles. The van der Waals surface area contributed by atoms with Crippen molar-refractivity contribution in [3.63, 3.8) is 0 Å². The van der Waals surface area contributed by atoms with Crippen molar-refractivity contribution in [3.05, 3.63) is 179 Å². The van der Waals surface area contributed by atoms with Crippen LogP contribution in [0.1, 0.15) is 66.8 Å². The molecule has 0 radical (unpaired) electrons. The molecular weight excluding hydrogens is 555 g/mol. The third-order valence-electron chi connectivity index (χ3n) is 11.5. The van der Waals surface area contributed by atoms with Crippen LogP contribution in [0.25, 0.3) is 22.3 Å². The van der Waals surface area contributed by atoms with E-state index in [1.54, 1.807) is 0 Å². The van der Waals surface area contributed by atoms with Crippen molar-refractivity contribution >= 4 is 11.4 Å². The zero-order valence-corrected chi connectivity index (χ0v) is 26.7. The molecule has 0 amide bonds. The number of anilines is 2. The molecule has 46 heavy (non-hydrogen) atoms. The van der Waals surface area contributed by atoms with E-state index in [9.17, 15) is 0 Å². The lowest BCUT2D eigenvalue weighted by molar-refractivity contribution is 0.237. The average Bonchev–Trinajstić information content (AvgIpc) is 3.55. The van der Waals surface area contributed by atoms with E-state index in [-0.39, 0.29) is 11.0 Å². The fourth-order valence-electron chi connectivity index (χ4n) is 9.35. The number of hydrogen-bond donors (Lipinski definition) is 0. The number of rotatable bonds is 4. The maximum atomic E-state index is 2.66. The van der Waals surface area contributed by atoms with Crippen LogP contribution in [0.2, 0.25) is 0 Å². The van der Waals surface area contributed by atoms with Gasteiger partial charge in [0.25, 0.3) is 0 Å². The van der Waals surface area contributed by atoms with Gasteiger partial charge in [-0.25, -0.2) is 0 Å². The predicted molar refractivity (Wildman–Crippen MR) is 192 cm³/mol. The first kappa shape index (κ1) is 27.4. The molecule has 3 unspecified atom stereocenters. The fraction of sp³-hybridized carbons (Fsp3) is 0.200. The lowest BCUT2D eigenvalue weighted by Crippen LogP contribution is -2.46. The molecule has 1 heterocycles. The Morgan fingerprint density at radius 3 is 1.89 bits per heavy atom. The van der Waals surface area contributed by atoms with E-state index in [4.69, 9.17) is 0 Å². The Morgan fingerprint density at radius 1 is 0.587 bits per heavy atom. The first-order valence-electron chi connectivity index (χ1n) is 16.9. The molecule has 224 valence electrons. The van der Waals surface area contributed by atoms with Gasteiger partial charge in [0.1, 0.15) is 0 Å². The summed E-state index contributed by atoms with van der Waals surface area (Å²) < 4.78 is 0. The Labute approximate surface area is 273 Å². The Kier molecular flexibility index (Phi) is 6.16. The van der Waals surface area contributed by atoms with E-state index < -0.39 is 0 Å². The summed E-state index contributed by atoms with van der Waals surface area (Å²) in [5, 5.41) is 0. The van der Waals surface area contributed by atoms with Gasteiger partial charge in [-0.05, 0) is 113 Å². The van der Waals surface area contributed by atoms with Gasteiger partial charge in [-0.3, -0.25) is 0 Å². The predicted octanol–water partition coefficient (Wildman–Crippen LogP) is 11.5. The van der Waals surface area contributed by atoms with Gasteiger partial charge in [0.2, 0.25) is 0 Å². The maximum absolute atomic E-state index is 2.66. The van der Waals surface area contributed by atoms with Crippen LogP contribution in [0.3, 0.4) is 0 Å². The van der Waals surface area contributed by atoms with Crippen molar-refractivity contribution in [2.24, 2.45) is 5.92 Å². The third-order valence-corrected chi connectivity index (χ3v) is 11.5. The van der Waals surface area contributed by atoms with E-state index in [0.29, 0.717) is 5.92 Å². The Hall–Kier alpha value is -4.88. The minimum Gasteiger partial charge on any atom is -0.335 e. The molecule has 3 aliphatic rings. The molecule has 0 spiro atoms. The first-order valence-corrected chi connectivity index (χ1v) is 16.9. The van der Waals surface area contributed by atoms with Crippen LogP contribution in [0.4, 0.5) is 11.4 Å². The van der Waals surface area contributed by atoms with Gasteiger partial charge in [0.05, 0.1) is 5.41 Å². The summed E-state index contributed by atoms with van der Waals surface area (Å²) in [6.07, 6.45) is 3.74. The quantitative estimate of drug-likeness (QED) is 0.196. The number of benzene rings is 6. The van der Waals surface area contributed by atoms with Crippen molar-refractivity contribution < 1.29 is 0 Å². The standard InChI is InChI=1S/C45H39N/c1-31-26-27-44(2)42(28-31)39-30-33(23-25-43(39)46(44)36-18-10-5-11-19-36)32-22-24-41-38(29-32)37-20-12-13-21-40(37)45(41,34-14-6-3-7-15-34)35-16-8-4-9-17-35/h3-25,29-31,42H,26-28H2,1-2H3. The van der Waals surface area contributed by atoms with Gasteiger partial charge in [-0.15, -0.1) is 0 Å². The summed E-state index contributed by atoms with van der Waals surface area (Å²) in [6, 6.07) is 56.8. The van der Waals surface area contributed by atoms with E-state index in [1.807, 2.05) is 0 Å². The van der Waals surface area contributed by atoms with Crippen LogP contribution < -0.4 is 4.90 Å². The van der Waals surface area contributed by atoms with Crippen LogP contribution in [-0.2, 0) is 5.41 Å². The summed E-state index contributed by atoms with van der Waals surface area (Å²) in [4.78, 5) is 2.66. The van der Waals surface area contributed by atoms with Gasteiger partial charge in [0.15, 0.2) is 0 Å². The summed E-state index contributed by atoms with van der Waals surface area (Å²) >= 11 is 0. The van der Waals surface area contributed by atoms with Crippen molar-refractivity contribution in [1.29, 1.82) is 0 Å². The van der Waals surface area contributed by atoms with E-state index >= 15 is 0 Å². The maximum Gasteiger partial charge on any atom is 0.0713 e. The molecule has 0 bridgehead atoms. The topological polar surface area (TPSA) is 3.24 Å². The second kappa shape index (κ2) is 10.3. The number of hydrogen-bond acceptors (Lipinski definition) is 1. The number of fused-ring (bicyclic) bond motifs is 6. The molecule has 0 N–H and O–H groups in total. The average molecular weight is 594 g/mol. The van der Waals surface area contributed by atoms with Crippen LogP contribution in [0.5, 0.6) is 0 Å². The fourth-order valence-corrected chi connectivity index (χ4v) is 9.35. The van der Waals surface area contributed by atoms with Crippen molar-refractivity contribution in [2.45, 2.75) is 50.0 Å². The van der Waals surface area contributed by atoms with E-state index in [0.717, 1.165) is 5.92 Å². The van der Waals surface area contributed by atoms with Crippen LogP contribution in [-0.4, -0.2) is 5.54 Å². The molecule has 6 aromatic rings. The highest BCUT2D eigenvalue weighted by atomic mass is 15.2. The highest BCUT2D eigenvalue weighted by molar-refractivity contribution is 5.89. The summed E-state index contributed by atoms with van der Waals surface area (Å²) in [6.45, 7) is 4.95. The monoisotopic (exact) mass is 593 g/mol. The molecule has 1 heteroatoms. The van der Waals surface area contributed by atoms with E-state index in [2.05, 4.69) is 170 Å².